The van der Waals surface area contributed by atoms with Gasteiger partial charge in [0, 0.05) is 28.6 Å². The molecule has 2 aromatic carbocycles. The summed E-state index contributed by atoms with van der Waals surface area (Å²) >= 11 is 12.3. The molecule has 6 rings (SSSR count). The highest BCUT2D eigenvalue weighted by molar-refractivity contribution is 6.35. The highest BCUT2D eigenvalue weighted by Gasteiger charge is 2.37. The molecule has 1 unspecified atom stereocenters. The summed E-state index contributed by atoms with van der Waals surface area (Å²) in [5.74, 6) is 1.26. The molecule has 0 saturated carbocycles. The zero-order valence-corrected chi connectivity index (χ0v) is 18.1. The molecule has 2 atom stereocenters. The number of fused-ring (bicyclic) bond motifs is 4. The Labute approximate surface area is 186 Å². The number of hydrogen-bond acceptors (Lipinski definition) is 4. The van der Waals surface area contributed by atoms with Crippen LogP contribution in [0.2, 0.25) is 10.0 Å². The van der Waals surface area contributed by atoms with Crippen molar-refractivity contribution in [2.24, 2.45) is 5.92 Å². The maximum absolute atomic E-state index is 12.6. The molecule has 0 aromatic heterocycles. The second-order valence-corrected chi connectivity index (χ2v) is 9.20. The molecule has 4 heterocycles. The molecule has 2 aromatic rings. The lowest BCUT2D eigenvalue weighted by Gasteiger charge is -2.44. The Kier molecular flexibility index (Phi) is 5.52. The van der Waals surface area contributed by atoms with E-state index in [1.165, 1.54) is 0 Å². The van der Waals surface area contributed by atoms with Crippen molar-refractivity contribution < 1.29 is 14.3 Å². The quantitative estimate of drug-likeness (QED) is 0.694. The molecule has 0 spiro atoms. The van der Waals surface area contributed by atoms with Crippen LogP contribution in [-0.4, -0.2) is 43.3 Å². The van der Waals surface area contributed by atoms with Crippen molar-refractivity contribution in [3.8, 4) is 16.9 Å². The summed E-state index contributed by atoms with van der Waals surface area (Å²) in [4.78, 5) is 15.0. The Morgan fingerprint density at radius 3 is 2.50 bits per heavy atom. The number of nitrogens with one attached hydrogen (secondary N) is 1. The number of alkyl carbamates (subject to hydrolysis) is 1. The number of amides is 1. The molecule has 4 aliphatic heterocycles. The molecule has 1 N–H and O–H groups in total. The predicted octanol–water partition coefficient (Wildman–Crippen LogP) is 5.30. The van der Waals surface area contributed by atoms with E-state index in [0.29, 0.717) is 29.0 Å². The van der Waals surface area contributed by atoms with E-state index in [-0.39, 0.29) is 18.2 Å². The Bertz CT molecular complexity index is 939. The van der Waals surface area contributed by atoms with E-state index >= 15 is 0 Å². The van der Waals surface area contributed by atoms with E-state index in [1.807, 2.05) is 30.3 Å². The first-order chi connectivity index (χ1) is 14.5. The number of rotatable bonds is 3. The molecule has 0 radical (unpaired) electrons. The van der Waals surface area contributed by atoms with E-state index in [2.05, 4.69) is 10.2 Å². The highest BCUT2D eigenvalue weighted by Crippen LogP contribution is 2.37. The number of ether oxygens (including phenoxy) is 2. The molecular weight excluding hydrogens is 423 g/mol. The Hall–Kier alpha value is -1.95. The van der Waals surface area contributed by atoms with E-state index in [4.69, 9.17) is 32.7 Å². The van der Waals surface area contributed by atoms with Crippen LogP contribution in [0.3, 0.4) is 0 Å². The van der Waals surface area contributed by atoms with Crippen LogP contribution in [-0.2, 0) is 4.74 Å². The van der Waals surface area contributed by atoms with Gasteiger partial charge in [0.05, 0.1) is 12.6 Å². The molecular formula is C23H24Cl2N2O3. The van der Waals surface area contributed by atoms with Gasteiger partial charge in [0.1, 0.15) is 11.9 Å². The molecule has 1 amide bonds. The number of hydrogen-bond donors (Lipinski definition) is 1. The second-order valence-electron chi connectivity index (χ2n) is 8.33. The zero-order chi connectivity index (χ0) is 20.7. The lowest BCUT2D eigenvalue weighted by Crippen LogP contribution is -2.52. The fourth-order valence-electron chi connectivity index (χ4n) is 4.80. The van der Waals surface area contributed by atoms with Gasteiger partial charge in [-0.1, -0.05) is 35.3 Å². The van der Waals surface area contributed by atoms with Gasteiger partial charge in [0.15, 0.2) is 0 Å². The molecule has 3 fully saturated rings. The minimum atomic E-state index is -0.336. The first-order valence-electron chi connectivity index (χ1n) is 10.5. The summed E-state index contributed by atoms with van der Waals surface area (Å²) in [7, 11) is 0. The van der Waals surface area contributed by atoms with Gasteiger partial charge in [-0.3, -0.25) is 4.90 Å². The van der Waals surface area contributed by atoms with Gasteiger partial charge in [-0.15, -0.1) is 0 Å². The number of carbonyl (C=O) groups is 1. The normalized spacial score (nSPS) is 27.1. The minimum Gasteiger partial charge on any atom is -0.493 e. The van der Waals surface area contributed by atoms with Crippen LogP contribution in [0.1, 0.15) is 30.9 Å². The number of halogens is 2. The van der Waals surface area contributed by atoms with Crippen LogP contribution >= 0.6 is 23.2 Å². The third-order valence-electron chi connectivity index (χ3n) is 6.40. The molecule has 7 heteroatoms. The zero-order valence-electron chi connectivity index (χ0n) is 16.6. The lowest BCUT2D eigenvalue weighted by atomic mass is 9.86. The van der Waals surface area contributed by atoms with Crippen molar-refractivity contribution in [2.75, 3.05) is 26.2 Å². The van der Waals surface area contributed by atoms with Gasteiger partial charge in [0.25, 0.3) is 0 Å². The number of benzene rings is 2. The van der Waals surface area contributed by atoms with Gasteiger partial charge in [-0.05, 0) is 67.2 Å². The second kappa shape index (κ2) is 8.29. The maximum Gasteiger partial charge on any atom is 0.407 e. The molecule has 158 valence electrons. The van der Waals surface area contributed by atoms with Crippen LogP contribution < -0.4 is 10.1 Å². The molecule has 2 bridgehead atoms. The van der Waals surface area contributed by atoms with Gasteiger partial charge in [0.2, 0.25) is 0 Å². The predicted molar refractivity (Wildman–Crippen MR) is 117 cm³/mol. The van der Waals surface area contributed by atoms with E-state index < -0.39 is 0 Å². The lowest BCUT2D eigenvalue weighted by molar-refractivity contribution is -0.0342. The van der Waals surface area contributed by atoms with Crippen LogP contribution in [0.4, 0.5) is 4.79 Å². The Balaban J connectivity index is 1.30. The monoisotopic (exact) mass is 446 g/mol. The van der Waals surface area contributed by atoms with E-state index in [0.717, 1.165) is 54.9 Å². The molecule has 0 aliphatic carbocycles. The minimum absolute atomic E-state index is 0.00163. The number of piperidine rings is 3. The SMILES string of the molecule is O=C(NC1CCOc2cc(-c3cc(Cl)cc(Cl)c3)ccc21)O[C@@H]1CN2CCC1CC2. The summed E-state index contributed by atoms with van der Waals surface area (Å²) in [6, 6.07) is 11.3. The molecule has 4 aliphatic rings. The first kappa shape index (κ1) is 20.0. The van der Waals surface area contributed by atoms with Crippen molar-refractivity contribution in [3.63, 3.8) is 0 Å². The summed E-state index contributed by atoms with van der Waals surface area (Å²) in [5, 5.41) is 4.24. The Morgan fingerprint density at radius 1 is 1.03 bits per heavy atom. The number of nitrogens with zero attached hydrogens (tertiary/aromatic N) is 1. The summed E-state index contributed by atoms with van der Waals surface area (Å²) in [6.07, 6.45) is 2.62. The average molecular weight is 447 g/mol. The molecule has 3 saturated heterocycles. The molecule has 5 nitrogen and oxygen atoms in total. The first-order valence-corrected chi connectivity index (χ1v) is 11.2. The largest absolute Gasteiger partial charge is 0.493 e. The van der Waals surface area contributed by atoms with Gasteiger partial charge < -0.3 is 14.8 Å². The van der Waals surface area contributed by atoms with E-state index in [9.17, 15) is 4.79 Å². The van der Waals surface area contributed by atoms with Crippen LogP contribution in [0.5, 0.6) is 5.75 Å². The average Bonchev–Trinajstić information content (AvgIpc) is 2.74. The smallest absolute Gasteiger partial charge is 0.407 e. The van der Waals surface area contributed by atoms with Crippen molar-refractivity contribution in [1.29, 1.82) is 0 Å². The summed E-state index contributed by atoms with van der Waals surface area (Å²) in [6.45, 7) is 3.64. The summed E-state index contributed by atoms with van der Waals surface area (Å²) < 4.78 is 11.7. The van der Waals surface area contributed by atoms with Crippen molar-refractivity contribution in [3.05, 3.63) is 52.0 Å². The van der Waals surface area contributed by atoms with Crippen molar-refractivity contribution in [1.82, 2.24) is 10.2 Å². The summed E-state index contributed by atoms with van der Waals surface area (Å²) in [5.41, 5.74) is 2.85. The van der Waals surface area contributed by atoms with Crippen LogP contribution in [0.15, 0.2) is 36.4 Å². The molecule has 30 heavy (non-hydrogen) atoms. The van der Waals surface area contributed by atoms with Gasteiger partial charge >= 0.3 is 6.09 Å². The third kappa shape index (κ3) is 4.11. The maximum atomic E-state index is 12.6. The highest BCUT2D eigenvalue weighted by atomic mass is 35.5. The van der Waals surface area contributed by atoms with Crippen LogP contribution in [0.25, 0.3) is 11.1 Å². The van der Waals surface area contributed by atoms with E-state index in [1.54, 1.807) is 6.07 Å². The van der Waals surface area contributed by atoms with Crippen molar-refractivity contribution >= 4 is 29.3 Å². The van der Waals surface area contributed by atoms with Crippen molar-refractivity contribution in [2.45, 2.75) is 31.4 Å². The fourth-order valence-corrected chi connectivity index (χ4v) is 5.32. The van der Waals surface area contributed by atoms with Gasteiger partial charge in [-0.2, -0.15) is 0 Å². The Morgan fingerprint density at radius 2 is 1.80 bits per heavy atom. The number of carbonyl (C=O) groups excluding carboxylic acids is 1. The topological polar surface area (TPSA) is 50.8 Å². The standard InChI is InChI=1S/C23H24Cl2N2O3/c24-17-9-16(10-18(25)12-17)15-1-2-19-20(5-8-29-21(19)11-15)26-23(28)30-22-13-27-6-3-14(22)4-7-27/h1-2,9-12,14,20,22H,3-8,13H2,(H,26,28)/t20?,22-/m1/s1. The fraction of sp³-hybridized carbons (Fsp3) is 0.435. The van der Waals surface area contributed by atoms with Crippen LogP contribution in [0, 0.1) is 5.92 Å². The van der Waals surface area contributed by atoms with Gasteiger partial charge in [-0.25, -0.2) is 4.79 Å². The third-order valence-corrected chi connectivity index (χ3v) is 6.83.